The second-order valence-electron chi connectivity index (χ2n) is 14.7. The van der Waals surface area contributed by atoms with Crippen LogP contribution in [0, 0.1) is 29.6 Å². The summed E-state index contributed by atoms with van der Waals surface area (Å²) in [7, 11) is 0. The van der Waals surface area contributed by atoms with Crippen LogP contribution in [0.5, 0.6) is 0 Å². The summed E-state index contributed by atoms with van der Waals surface area (Å²) >= 11 is 0. The van der Waals surface area contributed by atoms with Gasteiger partial charge in [-0.3, -0.25) is 24.0 Å². The quantitative estimate of drug-likeness (QED) is 0.140. The van der Waals surface area contributed by atoms with Gasteiger partial charge in [-0.05, 0) is 86.8 Å². The van der Waals surface area contributed by atoms with Gasteiger partial charge in [-0.15, -0.1) is 0 Å². The summed E-state index contributed by atoms with van der Waals surface area (Å²) in [6, 6.07) is 16.4. The maximum atomic E-state index is 14.0. The number of hydrogen-bond acceptors (Lipinski definition) is 7. The molecule has 1 aliphatic heterocycles. The molecule has 1 heterocycles. The van der Waals surface area contributed by atoms with E-state index in [9.17, 15) is 24.0 Å². The molecular weight excluding hydrogens is 632 g/mol. The third-order valence-electron chi connectivity index (χ3n) is 10.2. The van der Waals surface area contributed by atoms with Gasteiger partial charge in [0.05, 0.1) is 12.1 Å². The molecule has 11 nitrogen and oxygen atoms in total. The van der Waals surface area contributed by atoms with E-state index in [-0.39, 0.29) is 60.0 Å². The molecule has 1 saturated heterocycles. The Hall–Kier alpha value is -4.09. The summed E-state index contributed by atoms with van der Waals surface area (Å²) in [6.45, 7) is 5.53. The summed E-state index contributed by atoms with van der Waals surface area (Å²) in [6.07, 6.45) is 4.10. The van der Waals surface area contributed by atoms with Crippen molar-refractivity contribution in [2.75, 3.05) is 19.6 Å². The normalized spacial score (nSPS) is 20.8. The van der Waals surface area contributed by atoms with Gasteiger partial charge in [0.2, 0.25) is 23.6 Å². The van der Waals surface area contributed by atoms with E-state index in [0.717, 1.165) is 11.1 Å². The van der Waals surface area contributed by atoms with Crippen LogP contribution in [-0.2, 0) is 36.8 Å². The summed E-state index contributed by atoms with van der Waals surface area (Å²) in [4.78, 5) is 68.8. The fourth-order valence-corrected chi connectivity index (χ4v) is 7.54. The molecular formula is C39H56N6O5. The molecule has 4 amide bonds. The lowest BCUT2D eigenvalue weighted by Crippen LogP contribution is -2.52. The fraction of sp³-hybridized carbons (Fsp3) is 0.564. The number of nitrogens with zero attached hydrogens (tertiary/aromatic N) is 1. The molecule has 6 atom stereocenters. The molecule has 0 radical (unpaired) electrons. The number of fused-ring (bicyclic) bond motifs is 1. The summed E-state index contributed by atoms with van der Waals surface area (Å²) in [5.41, 5.74) is 19.4. The number of carbonyl (C=O) groups is 5. The Balaban J connectivity index is 1.46. The lowest BCUT2D eigenvalue weighted by atomic mass is 9.88. The van der Waals surface area contributed by atoms with Crippen LogP contribution in [-0.4, -0.2) is 72.1 Å². The first-order valence-corrected chi connectivity index (χ1v) is 18.2. The number of primary amides is 1. The van der Waals surface area contributed by atoms with Crippen LogP contribution >= 0.6 is 0 Å². The Morgan fingerprint density at radius 1 is 0.800 bits per heavy atom. The summed E-state index contributed by atoms with van der Waals surface area (Å²) < 4.78 is 0. The van der Waals surface area contributed by atoms with Crippen LogP contribution in [0.2, 0.25) is 0 Å². The second kappa shape index (κ2) is 18.8. The largest absolute Gasteiger partial charge is 0.369 e. The zero-order chi connectivity index (χ0) is 36.2. The number of nitrogens with two attached hydrogens (primary N) is 3. The molecule has 0 aromatic heterocycles. The predicted octanol–water partition coefficient (Wildman–Crippen LogP) is 2.49. The van der Waals surface area contributed by atoms with E-state index in [2.05, 4.69) is 10.6 Å². The maximum absolute atomic E-state index is 14.0. The molecule has 50 heavy (non-hydrogen) atoms. The van der Waals surface area contributed by atoms with Crippen LogP contribution in [0.1, 0.15) is 69.9 Å². The van der Waals surface area contributed by atoms with Crippen molar-refractivity contribution in [1.29, 1.82) is 0 Å². The highest BCUT2D eigenvalue weighted by molar-refractivity contribution is 5.95. The number of benzene rings is 2. The molecule has 8 N–H and O–H groups in total. The van der Waals surface area contributed by atoms with E-state index in [1.807, 2.05) is 79.4 Å². The van der Waals surface area contributed by atoms with Gasteiger partial charge in [-0.25, -0.2) is 0 Å². The molecule has 2 fully saturated rings. The SMILES string of the molecule is CC(C)CC(CC(=O)C(Cc1ccccc1)NC(=O)C(N)Cc1ccccc1)C(=O)NC(CCCCN)C(=O)N1CC2CC(C(N)=O)CC2C1. The van der Waals surface area contributed by atoms with Crippen LogP contribution in [0.15, 0.2) is 60.7 Å². The van der Waals surface area contributed by atoms with Gasteiger partial charge in [0.25, 0.3) is 0 Å². The second-order valence-corrected chi connectivity index (χ2v) is 14.7. The molecule has 0 bridgehead atoms. The number of unbranched alkanes of at least 4 members (excludes halogenated alkanes) is 1. The van der Waals surface area contributed by atoms with Gasteiger partial charge in [0.15, 0.2) is 5.78 Å². The van der Waals surface area contributed by atoms with Crippen molar-refractivity contribution >= 4 is 29.4 Å². The number of nitrogens with one attached hydrogen (secondary N) is 2. The molecule has 0 spiro atoms. The highest BCUT2D eigenvalue weighted by atomic mass is 16.2. The Kier molecular flexibility index (Phi) is 14.5. The molecule has 2 aromatic rings. The van der Waals surface area contributed by atoms with E-state index in [1.165, 1.54) is 0 Å². The van der Waals surface area contributed by atoms with Gasteiger partial charge in [0, 0.05) is 31.3 Å². The van der Waals surface area contributed by atoms with Crippen LogP contribution in [0.25, 0.3) is 0 Å². The van der Waals surface area contributed by atoms with Gasteiger partial charge in [-0.2, -0.15) is 0 Å². The zero-order valence-corrected chi connectivity index (χ0v) is 29.6. The van der Waals surface area contributed by atoms with Gasteiger partial charge < -0.3 is 32.7 Å². The topological polar surface area (TPSA) is 191 Å². The number of likely N-dealkylation sites (tertiary alicyclic amines) is 1. The van der Waals surface area contributed by atoms with Crippen molar-refractivity contribution in [1.82, 2.24) is 15.5 Å². The molecule has 6 unspecified atom stereocenters. The smallest absolute Gasteiger partial charge is 0.245 e. The van der Waals surface area contributed by atoms with Gasteiger partial charge in [-0.1, -0.05) is 74.5 Å². The molecule has 2 aliphatic rings. The number of carbonyl (C=O) groups excluding carboxylic acids is 5. The van der Waals surface area contributed by atoms with Crippen molar-refractivity contribution in [3.8, 4) is 0 Å². The van der Waals surface area contributed by atoms with Crippen LogP contribution in [0.4, 0.5) is 0 Å². The molecule has 2 aromatic carbocycles. The van der Waals surface area contributed by atoms with E-state index < -0.39 is 30.0 Å². The van der Waals surface area contributed by atoms with Crippen molar-refractivity contribution < 1.29 is 24.0 Å². The van der Waals surface area contributed by atoms with Crippen LogP contribution in [0.3, 0.4) is 0 Å². The van der Waals surface area contributed by atoms with Crippen molar-refractivity contribution in [3.05, 3.63) is 71.8 Å². The molecule has 4 rings (SSSR count). The average Bonchev–Trinajstić information content (AvgIpc) is 3.68. The molecule has 1 saturated carbocycles. The summed E-state index contributed by atoms with van der Waals surface area (Å²) in [5.74, 6) is -1.78. The van der Waals surface area contributed by atoms with E-state index in [1.54, 1.807) is 0 Å². The number of amides is 4. The minimum Gasteiger partial charge on any atom is -0.369 e. The zero-order valence-electron chi connectivity index (χ0n) is 29.6. The van der Waals surface area contributed by atoms with E-state index in [4.69, 9.17) is 17.2 Å². The fourth-order valence-electron chi connectivity index (χ4n) is 7.54. The van der Waals surface area contributed by atoms with Crippen molar-refractivity contribution in [2.45, 2.75) is 89.8 Å². The molecule has 272 valence electrons. The number of Topliss-reactive ketones (excluding diaryl/α,β-unsaturated/α-hetero) is 1. The number of hydrogen-bond donors (Lipinski definition) is 5. The average molecular weight is 689 g/mol. The third kappa shape index (κ3) is 11.2. The van der Waals surface area contributed by atoms with Crippen LogP contribution < -0.4 is 27.8 Å². The Bertz CT molecular complexity index is 1420. The first kappa shape index (κ1) is 38.7. The van der Waals surface area contributed by atoms with E-state index >= 15 is 0 Å². The Morgan fingerprint density at radius 3 is 1.90 bits per heavy atom. The summed E-state index contributed by atoms with van der Waals surface area (Å²) in [5, 5.41) is 5.92. The Morgan fingerprint density at radius 2 is 1.36 bits per heavy atom. The first-order chi connectivity index (χ1) is 23.9. The van der Waals surface area contributed by atoms with Gasteiger partial charge >= 0.3 is 0 Å². The minimum atomic E-state index is -0.885. The van der Waals surface area contributed by atoms with E-state index in [0.29, 0.717) is 64.6 Å². The van der Waals surface area contributed by atoms with Gasteiger partial charge in [0.1, 0.15) is 6.04 Å². The number of ketones is 1. The standard InChI is InChI=1S/C39H56N6O5/c1-25(2)17-29(37(48)43-33(15-9-10-16-40)39(50)45-23-30-20-28(36(42)47)21-31(30)24-45)22-35(46)34(19-27-13-7-4-8-14-27)44-38(49)32(41)18-26-11-5-3-6-12-26/h3-8,11-14,25,28-34H,9-10,15-24,40-41H2,1-2H3,(H2,42,47)(H,43,48)(H,44,49). The lowest BCUT2D eigenvalue weighted by Gasteiger charge is -2.28. The van der Waals surface area contributed by atoms with Crippen molar-refractivity contribution in [3.63, 3.8) is 0 Å². The lowest BCUT2D eigenvalue weighted by molar-refractivity contribution is -0.138. The highest BCUT2D eigenvalue weighted by Crippen LogP contribution is 2.41. The van der Waals surface area contributed by atoms with Crippen molar-refractivity contribution in [2.24, 2.45) is 46.8 Å². The number of rotatable bonds is 19. The third-order valence-corrected chi connectivity index (χ3v) is 10.2. The minimum absolute atomic E-state index is 0.0954. The first-order valence-electron chi connectivity index (χ1n) is 18.2. The molecule has 1 aliphatic carbocycles. The Labute approximate surface area is 296 Å². The monoisotopic (exact) mass is 688 g/mol. The molecule has 11 heteroatoms. The highest BCUT2D eigenvalue weighted by Gasteiger charge is 2.45. The predicted molar refractivity (Wildman–Crippen MR) is 193 cm³/mol. The maximum Gasteiger partial charge on any atom is 0.245 e.